The fraction of sp³-hybridized carbons (Fsp3) is 0.586. The second-order valence-electron chi connectivity index (χ2n) is 10.2. The number of aliphatic hydroxyl groups is 1. The van der Waals surface area contributed by atoms with Crippen molar-refractivity contribution >= 4 is 23.8 Å². The zero-order chi connectivity index (χ0) is 29.1. The molecule has 0 aromatic rings. The Balaban J connectivity index is 4.10. The average molecular weight is 535 g/mol. The van der Waals surface area contributed by atoms with Gasteiger partial charge in [0.1, 0.15) is 11.9 Å². The molecule has 214 valence electrons. The molecule has 0 aromatic heterocycles. The normalized spacial score (nSPS) is 15.1. The molecule has 0 heterocycles. The van der Waals surface area contributed by atoms with Gasteiger partial charge in [0, 0.05) is 25.5 Å². The molecule has 0 bridgehead atoms. The Bertz CT molecular complexity index is 876. The Morgan fingerprint density at radius 2 is 1.63 bits per heavy atom. The maximum atomic E-state index is 12.2. The van der Waals surface area contributed by atoms with Crippen molar-refractivity contribution in [1.29, 1.82) is 0 Å². The second kappa shape index (κ2) is 19.9. The molecule has 2 amide bonds. The standard InChI is InChI=1S/C29H46N2O7/c1-20(13-22(3)14-23(4)16-28(35)36)11-9-7-6-8-10-12-21(2)15-25(32)18-26(33)19-31-27(34)17-24(5)38-29(30)37/h6-8,10,16,21-22,24,26,33H,1,9,11-15,17-19H2,2-5H3,(H2,30,37)(H,31,34)(H,35,36)/b7-6-,10-8+,23-16+/t21-,22+,24+,26+/m1/s1. The van der Waals surface area contributed by atoms with Crippen molar-refractivity contribution in [2.45, 2.75) is 91.3 Å². The number of nitrogens with two attached hydrogens (primary N) is 1. The fourth-order valence-electron chi connectivity index (χ4n) is 4.03. The van der Waals surface area contributed by atoms with Crippen molar-refractivity contribution < 1.29 is 34.1 Å². The first-order valence-corrected chi connectivity index (χ1v) is 13.1. The summed E-state index contributed by atoms with van der Waals surface area (Å²) in [5.41, 5.74) is 6.90. The monoisotopic (exact) mass is 534 g/mol. The Morgan fingerprint density at radius 3 is 2.26 bits per heavy atom. The van der Waals surface area contributed by atoms with Crippen LogP contribution < -0.4 is 11.1 Å². The Morgan fingerprint density at radius 1 is 0.974 bits per heavy atom. The van der Waals surface area contributed by atoms with E-state index in [1.54, 1.807) is 0 Å². The minimum Gasteiger partial charge on any atom is -0.478 e. The molecule has 5 N–H and O–H groups in total. The molecule has 9 nitrogen and oxygen atoms in total. The van der Waals surface area contributed by atoms with Crippen LogP contribution in [0.25, 0.3) is 0 Å². The third-order valence-electron chi connectivity index (χ3n) is 5.63. The average Bonchev–Trinajstić information content (AvgIpc) is 2.75. The third kappa shape index (κ3) is 20.9. The summed E-state index contributed by atoms with van der Waals surface area (Å²) in [6.45, 7) is 11.5. The van der Waals surface area contributed by atoms with Gasteiger partial charge in [-0.1, -0.05) is 55.9 Å². The number of carboxylic acids is 1. The quantitative estimate of drug-likeness (QED) is 0.101. The maximum absolute atomic E-state index is 12.2. The van der Waals surface area contributed by atoms with Crippen LogP contribution in [-0.4, -0.2) is 52.7 Å². The van der Waals surface area contributed by atoms with E-state index in [-0.39, 0.29) is 31.1 Å². The van der Waals surface area contributed by atoms with Crippen molar-refractivity contribution in [2.24, 2.45) is 17.6 Å². The predicted molar refractivity (Wildman–Crippen MR) is 148 cm³/mol. The number of rotatable bonds is 20. The van der Waals surface area contributed by atoms with Crippen molar-refractivity contribution in [3.05, 3.63) is 48.1 Å². The Kier molecular flexibility index (Phi) is 18.2. The zero-order valence-electron chi connectivity index (χ0n) is 23.3. The molecule has 0 aromatic carbocycles. The smallest absolute Gasteiger partial charge is 0.404 e. The van der Waals surface area contributed by atoms with E-state index in [2.05, 4.69) is 29.6 Å². The number of carbonyl (C=O) groups is 4. The van der Waals surface area contributed by atoms with Crippen LogP contribution in [0.5, 0.6) is 0 Å². The van der Waals surface area contributed by atoms with E-state index in [1.807, 2.05) is 32.1 Å². The number of hydrogen-bond donors (Lipinski definition) is 4. The number of carboxylic acid groups (broad SMARTS) is 1. The molecule has 0 radical (unpaired) electrons. The number of primary amides is 1. The van der Waals surface area contributed by atoms with Crippen LogP contribution in [0.1, 0.15) is 79.1 Å². The number of amides is 2. The number of allylic oxidation sites excluding steroid dienone is 6. The number of carbonyl (C=O) groups excluding carboxylic acids is 3. The van der Waals surface area contributed by atoms with Gasteiger partial charge in [-0.05, 0) is 57.8 Å². The lowest BCUT2D eigenvalue weighted by atomic mass is 9.93. The first-order chi connectivity index (χ1) is 17.8. The largest absolute Gasteiger partial charge is 0.478 e. The lowest BCUT2D eigenvalue weighted by Gasteiger charge is -2.14. The molecule has 0 saturated heterocycles. The summed E-state index contributed by atoms with van der Waals surface area (Å²) in [5, 5.41) is 21.3. The van der Waals surface area contributed by atoms with Gasteiger partial charge in [-0.3, -0.25) is 9.59 Å². The maximum Gasteiger partial charge on any atom is 0.404 e. The minimum absolute atomic E-state index is 0.0422. The van der Waals surface area contributed by atoms with Gasteiger partial charge in [-0.25, -0.2) is 9.59 Å². The minimum atomic E-state index is -0.979. The van der Waals surface area contributed by atoms with Gasteiger partial charge in [0.2, 0.25) is 5.91 Å². The molecule has 0 spiro atoms. The lowest BCUT2D eigenvalue weighted by molar-refractivity contribution is -0.131. The van der Waals surface area contributed by atoms with Crippen LogP contribution in [0.15, 0.2) is 48.1 Å². The number of Topliss-reactive ketones (excluding diaryl/α,β-unsaturated/α-hetero) is 1. The van der Waals surface area contributed by atoms with E-state index in [4.69, 9.17) is 10.8 Å². The van der Waals surface area contributed by atoms with Crippen LogP contribution in [0.3, 0.4) is 0 Å². The number of ketones is 1. The molecule has 9 heteroatoms. The van der Waals surface area contributed by atoms with Gasteiger partial charge in [-0.2, -0.15) is 0 Å². The Labute approximate surface area is 226 Å². The molecule has 0 saturated carbocycles. The first-order valence-electron chi connectivity index (χ1n) is 13.1. The highest BCUT2D eigenvalue weighted by molar-refractivity contribution is 5.80. The number of hydrogen-bond acceptors (Lipinski definition) is 6. The van der Waals surface area contributed by atoms with E-state index in [1.165, 1.54) is 13.0 Å². The Hall–Kier alpha value is -3.20. The number of aliphatic carboxylic acids is 1. The highest BCUT2D eigenvalue weighted by Gasteiger charge is 2.16. The second-order valence-corrected chi connectivity index (χ2v) is 10.2. The molecule has 0 aliphatic heterocycles. The first kappa shape index (κ1) is 34.8. The molecule has 0 rings (SSSR count). The third-order valence-corrected chi connectivity index (χ3v) is 5.63. The fourth-order valence-corrected chi connectivity index (χ4v) is 4.03. The van der Waals surface area contributed by atoms with Crippen molar-refractivity contribution in [3.63, 3.8) is 0 Å². The number of aliphatic hydroxyl groups excluding tert-OH is 1. The van der Waals surface area contributed by atoms with Gasteiger partial charge >= 0.3 is 12.1 Å². The molecular weight excluding hydrogens is 488 g/mol. The predicted octanol–water partition coefficient (Wildman–Crippen LogP) is 4.61. The van der Waals surface area contributed by atoms with E-state index in [9.17, 15) is 24.3 Å². The van der Waals surface area contributed by atoms with E-state index >= 15 is 0 Å². The molecule has 4 atom stereocenters. The summed E-state index contributed by atoms with van der Waals surface area (Å²) in [6, 6.07) is 0. The SMILES string of the molecule is C=C(CC/C=C\C=C\C[C@@H](C)CC(=O)C[C@H](O)CNC(=O)C[C@H](C)OC(N)=O)C[C@H](C)C/C(C)=C/C(=O)O. The molecule has 0 fully saturated rings. The summed E-state index contributed by atoms with van der Waals surface area (Å²) < 4.78 is 4.67. The molecule has 0 unspecified atom stereocenters. The summed E-state index contributed by atoms with van der Waals surface area (Å²) in [7, 11) is 0. The molecular formula is C29H46N2O7. The van der Waals surface area contributed by atoms with E-state index < -0.39 is 30.2 Å². The molecule has 0 aliphatic rings. The van der Waals surface area contributed by atoms with E-state index in [0.29, 0.717) is 12.3 Å². The van der Waals surface area contributed by atoms with Gasteiger partial charge in [0.05, 0.1) is 12.5 Å². The zero-order valence-corrected chi connectivity index (χ0v) is 23.3. The summed E-state index contributed by atoms with van der Waals surface area (Å²) in [4.78, 5) is 45.4. The van der Waals surface area contributed by atoms with Crippen LogP contribution in [0, 0.1) is 11.8 Å². The topological polar surface area (TPSA) is 156 Å². The van der Waals surface area contributed by atoms with Crippen molar-refractivity contribution in [3.8, 4) is 0 Å². The lowest BCUT2D eigenvalue weighted by Crippen LogP contribution is -2.35. The highest BCUT2D eigenvalue weighted by atomic mass is 16.6. The van der Waals surface area contributed by atoms with Gasteiger partial charge in [-0.15, -0.1) is 0 Å². The van der Waals surface area contributed by atoms with Crippen LogP contribution in [0.4, 0.5) is 4.79 Å². The van der Waals surface area contributed by atoms with Crippen LogP contribution in [0.2, 0.25) is 0 Å². The van der Waals surface area contributed by atoms with E-state index in [0.717, 1.165) is 43.3 Å². The number of nitrogens with one attached hydrogen (secondary N) is 1. The van der Waals surface area contributed by atoms with Crippen molar-refractivity contribution in [2.75, 3.05) is 6.54 Å². The van der Waals surface area contributed by atoms with Crippen molar-refractivity contribution in [1.82, 2.24) is 5.32 Å². The summed E-state index contributed by atoms with van der Waals surface area (Å²) in [5.74, 6) is -0.914. The number of ether oxygens (including phenoxy) is 1. The molecule has 0 aliphatic carbocycles. The van der Waals surface area contributed by atoms with Gasteiger partial charge < -0.3 is 26.0 Å². The summed E-state index contributed by atoms with van der Waals surface area (Å²) in [6.07, 6.45) is 11.0. The van der Waals surface area contributed by atoms with Gasteiger partial charge in [0.25, 0.3) is 0 Å². The highest BCUT2D eigenvalue weighted by Crippen LogP contribution is 2.21. The van der Waals surface area contributed by atoms with Gasteiger partial charge in [0.15, 0.2) is 0 Å². The molecule has 38 heavy (non-hydrogen) atoms. The van der Waals surface area contributed by atoms with Crippen LogP contribution >= 0.6 is 0 Å². The van der Waals surface area contributed by atoms with Crippen LogP contribution in [-0.2, 0) is 19.1 Å². The summed E-state index contributed by atoms with van der Waals surface area (Å²) >= 11 is 0.